The van der Waals surface area contributed by atoms with Crippen molar-refractivity contribution in [3.63, 3.8) is 0 Å². The Morgan fingerprint density at radius 2 is 1.93 bits per heavy atom. The fourth-order valence-corrected chi connectivity index (χ4v) is 4.67. The first kappa shape index (κ1) is 18.1. The predicted octanol–water partition coefficient (Wildman–Crippen LogP) is 3.13. The van der Waals surface area contributed by atoms with Gasteiger partial charge in [-0.1, -0.05) is 42.1 Å². The number of anilines is 1. The second-order valence-electron chi connectivity index (χ2n) is 6.90. The molecule has 0 aromatic heterocycles. The highest BCUT2D eigenvalue weighted by atomic mass is 32.2. The van der Waals surface area contributed by atoms with Gasteiger partial charge in [-0.05, 0) is 56.1 Å². The molecule has 140 valence electrons. The minimum Gasteiger partial charge on any atom is -0.352 e. The Hall–Kier alpha value is -2.31. The summed E-state index contributed by atoms with van der Waals surface area (Å²) in [6.07, 6.45) is 3.10. The van der Waals surface area contributed by atoms with Crippen molar-refractivity contribution in [3.8, 4) is 0 Å². The summed E-state index contributed by atoms with van der Waals surface area (Å²) in [7, 11) is 0. The zero-order valence-electron chi connectivity index (χ0n) is 15.1. The lowest BCUT2D eigenvalue weighted by Gasteiger charge is -2.30. The topological polar surface area (TPSA) is 61.4 Å². The molecular formula is C21H23N3O2S. The molecule has 0 bridgehead atoms. The van der Waals surface area contributed by atoms with Crippen LogP contribution < -0.4 is 10.6 Å². The first-order chi connectivity index (χ1) is 13.2. The second kappa shape index (κ2) is 8.15. The average molecular weight is 382 g/mol. The zero-order valence-corrected chi connectivity index (χ0v) is 15.9. The van der Waals surface area contributed by atoms with Crippen molar-refractivity contribution < 1.29 is 9.59 Å². The van der Waals surface area contributed by atoms with Crippen molar-refractivity contribution in [2.24, 2.45) is 0 Å². The van der Waals surface area contributed by atoms with Crippen LogP contribution >= 0.6 is 11.8 Å². The van der Waals surface area contributed by atoms with Gasteiger partial charge in [0.2, 0.25) is 0 Å². The fourth-order valence-electron chi connectivity index (χ4n) is 3.52. The van der Waals surface area contributed by atoms with E-state index < -0.39 is 0 Å². The van der Waals surface area contributed by atoms with E-state index in [2.05, 4.69) is 27.7 Å². The first-order valence-electron chi connectivity index (χ1n) is 9.38. The Labute approximate surface area is 163 Å². The predicted molar refractivity (Wildman–Crippen MR) is 108 cm³/mol. The smallest absolute Gasteiger partial charge is 0.252 e. The number of benzene rings is 2. The quantitative estimate of drug-likeness (QED) is 0.835. The van der Waals surface area contributed by atoms with Crippen molar-refractivity contribution in [1.29, 1.82) is 0 Å². The Balaban J connectivity index is 1.38. The van der Waals surface area contributed by atoms with E-state index in [9.17, 15) is 9.59 Å². The molecule has 0 spiro atoms. The third kappa shape index (κ3) is 4.17. The molecule has 4 rings (SSSR count). The van der Waals surface area contributed by atoms with Gasteiger partial charge < -0.3 is 10.6 Å². The van der Waals surface area contributed by atoms with Crippen molar-refractivity contribution in [1.82, 2.24) is 10.2 Å². The Morgan fingerprint density at radius 1 is 1.15 bits per heavy atom. The van der Waals surface area contributed by atoms with Gasteiger partial charge in [0.25, 0.3) is 11.8 Å². The summed E-state index contributed by atoms with van der Waals surface area (Å²) in [5, 5.41) is 5.77. The average Bonchev–Trinajstić information content (AvgIpc) is 3.22. The van der Waals surface area contributed by atoms with E-state index in [1.165, 1.54) is 5.56 Å². The van der Waals surface area contributed by atoms with Crippen LogP contribution in [0.5, 0.6) is 0 Å². The van der Waals surface area contributed by atoms with E-state index in [1.807, 2.05) is 30.3 Å². The molecule has 2 heterocycles. The molecule has 6 heteroatoms. The molecule has 5 nitrogen and oxygen atoms in total. The van der Waals surface area contributed by atoms with E-state index in [4.69, 9.17) is 0 Å². The van der Waals surface area contributed by atoms with E-state index >= 15 is 0 Å². The fraction of sp³-hybridized carbons (Fsp3) is 0.333. The molecule has 2 aliphatic heterocycles. The van der Waals surface area contributed by atoms with Crippen LogP contribution in [0, 0.1) is 0 Å². The van der Waals surface area contributed by atoms with Gasteiger partial charge in [0, 0.05) is 17.0 Å². The van der Waals surface area contributed by atoms with E-state index in [0.717, 1.165) is 42.9 Å². The molecule has 2 amide bonds. The number of hydrogen-bond acceptors (Lipinski definition) is 4. The summed E-state index contributed by atoms with van der Waals surface area (Å²) in [4.78, 5) is 28.2. The van der Waals surface area contributed by atoms with Crippen LogP contribution in [0.4, 0.5) is 5.69 Å². The highest BCUT2D eigenvalue weighted by molar-refractivity contribution is 8.00. The number of hydrogen-bond donors (Lipinski definition) is 2. The normalized spacial score (nSPS) is 19.4. The molecule has 1 atom stereocenters. The lowest BCUT2D eigenvalue weighted by atomic mass is 10.1. The molecule has 0 radical (unpaired) electrons. The minimum absolute atomic E-state index is 0.0102. The largest absolute Gasteiger partial charge is 0.352 e. The van der Waals surface area contributed by atoms with Crippen LogP contribution in [0.25, 0.3) is 0 Å². The number of amides is 2. The third-order valence-corrected chi connectivity index (χ3v) is 6.32. The van der Waals surface area contributed by atoms with Gasteiger partial charge in [-0.15, -0.1) is 0 Å². The Kier molecular flexibility index (Phi) is 5.45. The summed E-state index contributed by atoms with van der Waals surface area (Å²) in [5.74, 6) is -0.106. The van der Waals surface area contributed by atoms with Crippen LogP contribution in [0.1, 0.15) is 28.8 Å². The molecule has 2 aromatic rings. The molecule has 2 aromatic carbocycles. The molecule has 0 saturated carbocycles. The van der Waals surface area contributed by atoms with Crippen LogP contribution in [0.15, 0.2) is 53.4 Å². The summed E-state index contributed by atoms with van der Waals surface area (Å²) in [6, 6.07) is 15.6. The SMILES string of the molecule is O=C(NCCc1ccccc1)c1ccc2c(c1)NC(=O)C(N1CCCC1)S2. The van der Waals surface area contributed by atoms with Crippen LogP contribution in [-0.2, 0) is 11.2 Å². The number of nitrogens with one attached hydrogen (secondary N) is 2. The summed E-state index contributed by atoms with van der Waals surface area (Å²) in [5.41, 5.74) is 2.50. The van der Waals surface area contributed by atoms with Crippen molar-refractivity contribution >= 4 is 29.3 Å². The molecule has 1 unspecified atom stereocenters. The third-order valence-electron chi connectivity index (χ3n) is 4.98. The number of nitrogens with zero attached hydrogens (tertiary/aromatic N) is 1. The number of thioether (sulfide) groups is 1. The Bertz CT molecular complexity index is 835. The standard InChI is InChI=1S/C21H23N3O2S/c25-19(22-11-10-15-6-2-1-3-7-15)16-8-9-18-17(14-16)23-20(26)21(27-18)24-12-4-5-13-24/h1-3,6-9,14,21H,4-5,10-13H2,(H,22,25)(H,23,26). The van der Waals surface area contributed by atoms with Gasteiger partial charge >= 0.3 is 0 Å². The van der Waals surface area contributed by atoms with Crippen molar-refractivity contribution in [2.45, 2.75) is 29.5 Å². The number of rotatable bonds is 5. The maximum Gasteiger partial charge on any atom is 0.252 e. The van der Waals surface area contributed by atoms with Crippen molar-refractivity contribution in [2.75, 3.05) is 25.0 Å². The summed E-state index contributed by atoms with van der Waals surface area (Å²) >= 11 is 1.58. The highest BCUT2D eigenvalue weighted by Crippen LogP contribution is 2.38. The van der Waals surface area contributed by atoms with Gasteiger partial charge in [0.1, 0.15) is 5.37 Å². The maximum atomic E-state index is 12.5. The first-order valence-corrected chi connectivity index (χ1v) is 10.3. The highest BCUT2D eigenvalue weighted by Gasteiger charge is 2.33. The lowest BCUT2D eigenvalue weighted by molar-refractivity contribution is -0.118. The summed E-state index contributed by atoms with van der Waals surface area (Å²) in [6.45, 7) is 2.53. The van der Waals surface area contributed by atoms with E-state index in [0.29, 0.717) is 12.1 Å². The summed E-state index contributed by atoms with van der Waals surface area (Å²) < 4.78 is 0. The van der Waals surface area contributed by atoms with Gasteiger partial charge in [-0.3, -0.25) is 14.5 Å². The van der Waals surface area contributed by atoms with Gasteiger partial charge in [0.05, 0.1) is 5.69 Å². The van der Waals surface area contributed by atoms with E-state index in [1.54, 1.807) is 17.8 Å². The number of likely N-dealkylation sites (tertiary alicyclic amines) is 1. The molecular weight excluding hydrogens is 358 g/mol. The molecule has 0 aliphatic carbocycles. The zero-order chi connectivity index (χ0) is 18.6. The second-order valence-corrected chi connectivity index (χ2v) is 8.03. The Morgan fingerprint density at radius 3 is 2.70 bits per heavy atom. The van der Waals surface area contributed by atoms with Crippen molar-refractivity contribution in [3.05, 3.63) is 59.7 Å². The number of fused-ring (bicyclic) bond motifs is 1. The molecule has 1 saturated heterocycles. The van der Waals surface area contributed by atoms with Gasteiger partial charge in [-0.2, -0.15) is 0 Å². The molecule has 2 aliphatic rings. The minimum atomic E-state index is -0.162. The van der Waals surface area contributed by atoms with Crippen LogP contribution in [-0.4, -0.2) is 41.7 Å². The van der Waals surface area contributed by atoms with Gasteiger partial charge in [0.15, 0.2) is 0 Å². The number of carbonyl (C=O) groups is 2. The molecule has 1 fully saturated rings. The van der Waals surface area contributed by atoms with Gasteiger partial charge in [-0.25, -0.2) is 0 Å². The van der Waals surface area contributed by atoms with Crippen LogP contribution in [0.3, 0.4) is 0 Å². The number of carbonyl (C=O) groups excluding carboxylic acids is 2. The molecule has 2 N–H and O–H groups in total. The molecule has 27 heavy (non-hydrogen) atoms. The monoisotopic (exact) mass is 381 g/mol. The lowest BCUT2D eigenvalue weighted by Crippen LogP contribution is -2.42. The maximum absolute atomic E-state index is 12.5. The van der Waals surface area contributed by atoms with Crippen LogP contribution in [0.2, 0.25) is 0 Å². The van der Waals surface area contributed by atoms with E-state index in [-0.39, 0.29) is 17.2 Å².